The van der Waals surface area contributed by atoms with Gasteiger partial charge in [-0.05, 0) is 6.42 Å². The number of nitrogens with zero attached hydrogens (tertiary/aromatic N) is 1. The molecule has 0 amide bonds. The largest absolute Gasteiger partial charge is 0.477 e. The molecule has 12 heavy (non-hydrogen) atoms. The Morgan fingerprint density at radius 3 is 2.58 bits per heavy atom. The molecule has 66 valence electrons. The fourth-order valence-electron chi connectivity index (χ4n) is 1.47. The van der Waals surface area contributed by atoms with Crippen LogP contribution in [0.15, 0.2) is 11.8 Å². The first-order chi connectivity index (χ1) is 5.20. The van der Waals surface area contributed by atoms with Crippen LogP contribution in [0.4, 0.5) is 0 Å². The molecule has 0 radical (unpaired) electrons. The van der Waals surface area contributed by atoms with Gasteiger partial charge in [-0.1, -0.05) is 0 Å². The Bertz CT molecular complexity index is 271. The Morgan fingerprint density at radius 2 is 2.33 bits per heavy atom. The second-order valence-electron chi connectivity index (χ2n) is 2.73. The van der Waals surface area contributed by atoms with Gasteiger partial charge in [0.15, 0.2) is 5.78 Å². The SMILES string of the molecule is O.O=C(O)C1=CC(=O)C2CCN12. The van der Waals surface area contributed by atoms with Crippen LogP contribution in [-0.2, 0) is 9.59 Å². The molecule has 1 atom stereocenters. The van der Waals surface area contributed by atoms with E-state index in [-0.39, 0.29) is 23.0 Å². The minimum atomic E-state index is -0.999. The minimum Gasteiger partial charge on any atom is -0.477 e. The molecule has 0 aromatic heterocycles. The number of hydrogen-bond donors (Lipinski definition) is 1. The molecule has 0 aromatic rings. The molecule has 1 unspecified atom stereocenters. The number of carboxylic acid groups (broad SMARTS) is 1. The first kappa shape index (κ1) is 8.73. The summed E-state index contributed by atoms with van der Waals surface area (Å²) >= 11 is 0. The molecule has 2 aliphatic rings. The zero-order chi connectivity index (χ0) is 8.01. The Kier molecular flexibility index (Phi) is 1.89. The minimum absolute atomic E-state index is 0. The van der Waals surface area contributed by atoms with Crippen LogP contribution in [0.3, 0.4) is 0 Å². The summed E-state index contributed by atoms with van der Waals surface area (Å²) in [7, 11) is 0. The Labute approximate surface area is 68.6 Å². The fourth-order valence-corrected chi connectivity index (χ4v) is 1.47. The van der Waals surface area contributed by atoms with E-state index in [0.717, 1.165) is 6.42 Å². The van der Waals surface area contributed by atoms with Gasteiger partial charge in [0.05, 0.1) is 6.04 Å². The van der Waals surface area contributed by atoms with Gasteiger partial charge < -0.3 is 15.5 Å². The van der Waals surface area contributed by atoms with Gasteiger partial charge in [0.25, 0.3) is 0 Å². The molecule has 2 heterocycles. The summed E-state index contributed by atoms with van der Waals surface area (Å²) in [6.45, 7) is 0.703. The van der Waals surface area contributed by atoms with Gasteiger partial charge in [0.2, 0.25) is 0 Å². The van der Waals surface area contributed by atoms with Gasteiger partial charge in [-0.3, -0.25) is 4.79 Å². The lowest BCUT2D eigenvalue weighted by atomic mass is 10.0. The number of aliphatic carboxylic acids is 1. The van der Waals surface area contributed by atoms with E-state index in [0.29, 0.717) is 6.54 Å². The number of carbonyl (C=O) groups is 2. The predicted octanol–water partition coefficient (Wildman–Crippen LogP) is -1.21. The van der Waals surface area contributed by atoms with Crippen molar-refractivity contribution in [1.82, 2.24) is 4.90 Å². The van der Waals surface area contributed by atoms with Crippen LogP contribution in [0.1, 0.15) is 6.42 Å². The summed E-state index contributed by atoms with van der Waals surface area (Å²) < 4.78 is 0. The quantitative estimate of drug-likeness (QED) is 0.536. The van der Waals surface area contributed by atoms with Crippen molar-refractivity contribution in [3.8, 4) is 0 Å². The maximum Gasteiger partial charge on any atom is 0.352 e. The zero-order valence-electron chi connectivity index (χ0n) is 6.28. The molecule has 0 aromatic carbocycles. The van der Waals surface area contributed by atoms with Gasteiger partial charge in [0, 0.05) is 12.6 Å². The molecule has 2 rings (SSSR count). The highest BCUT2D eigenvalue weighted by atomic mass is 16.4. The van der Waals surface area contributed by atoms with Crippen molar-refractivity contribution in [2.24, 2.45) is 0 Å². The lowest BCUT2D eigenvalue weighted by Gasteiger charge is -2.36. The number of fused-ring (bicyclic) bond motifs is 1. The predicted molar refractivity (Wildman–Crippen MR) is 39.5 cm³/mol. The van der Waals surface area contributed by atoms with E-state index in [1.807, 2.05) is 0 Å². The van der Waals surface area contributed by atoms with Crippen molar-refractivity contribution in [3.05, 3.63) is 11.8 Å². The Morgan fingerprint density at radius 1 is 1.67 bits per heavy atom. The number of rotatable bonds is 1. The average molecular weight is 171 g/mol. The first-order valence-electron chi connectivity index (χ1n) is 3.45. The van der Waals surface area contributed by atoms with E-state index in [1.165, 1.54) is 6.08 Å². The number of carboxylic acids is 1. The maximum absolute atomic E-state index is 11.0. The molecule has 2 aliphatic heterocycles. The van der Waals surface area contributed by atoms with E-state index < -0.39 is 5.97 Å². The van der Waals surface area contributed by atoms with Gasteiger partial charge in [-0.25, -0.2) is 4.79 Å². The third kappa shape index (κ3) is 0.902. The number of carbonyl (C=O) groups excluding carboxylic acids is 1. The van der Waals surface area contributed by atoms with Crippen LogP contribution in [-0.4, -0.2) is 39.8 Å². The van der Waals surface area contributed by atoms with Crippen molar-refractivity contribution < 1.29 is 20.2 Å². The van der Waals surface area contributed by atoms with Crippen molar-refractivity contribution in [3.63, 3.8) is 0 Å². The van der Waals surface area contributed by atoms with Gasteiger partial charge in [-0.15, -0.1) is 0 Å². The average Bonchev–Trinajstić information content (AvgIpc) is 2.02. The van der Waals surface area contributed by atoms with E-state index in [2.05, 4.69) is 0 Å². The first-order valence-corrected chi connectivity index (χ1v) is 3.45. The standard InChI is InChI=1S/C7H7NO3.H2O/c9-6-3-5(7(10)11)8-2-1-4(6)8;/h3-4H,1-2H2,(H,10,11);1H2. The Hall–Kier alpha value is -1.36. The summed E-state index contributed by atoms with van der Waals surface area (Å²) in [5, 5.41) is 8.59. The molecule has 5 heteroatoms. The van der Waals surface area contributed by atoms with Crippen molar-refractivity contribution in [2.45, 2.75) is 12.5 Å². The second kappa shape index (κ2) is 2.60. The van der Waals surface area contributed by atoms with Crippen molar-refractivity contribution in [2.75, 3.05) is 6.54 Å². The van der Waals surface area contributed by atoms with Gasteiger partial charge in [0.1, 0.15) is 5.70 Å². The van der Waals surface area contributed by atoms with Crippen LogP contribution >= 0.6 is 0 Å². The summed E-state index contributed by atoms with van der Waals surface area (Å²) in [5.74, 6) is -1.06. The van der Waals surface area contributed by atoms with Crippen molar-refractivity contribution in [1.29, 1.82) is 0 Å². The smallest absolute Gasteiger partial charge is 0.352 e. The summed E-state index contributed by atoms with van der Waals surface area (Å²) in [4.78, 5) is 23.1. The highest BCUT2D eigenvalue weighted by molar-refractivity contribution is 6.05. The maximum atomic E-state index is 11.0. The molecule has 1 saturated heterocycles. The normalized spacial score (nSPS) is 25.3. The molecule has 0 spiro atoms. The van der Waals surface area contributed by atoms with E-state index >= 15 is 0 Å². The summed E-state index contributed by atoms with van der Waals surface area (Å²) in [6, 6.07) is -0.152. The molecule has 1 fully saturated rings. The molecule has 5 nitrogen and oxygen atoms in total. The third-order valence-electron chi connectivity index (χ3n) is 2.16. The van der Waals surface area contributed by atoms with Gasteiger partial charge in [-0.2, -0.15) is 0 Å². The molecular weight excluding hydrogens is 162 g/mol. The third-order valence-corrected chi connectivity index (χ3v) is 2.16. The van der Waals surface area contributed by atoms with E-state index in [9.17, 15) is 9.59 Å². The van der Waals surface area contributed by atoms with E-state index in [1.54, 1.807) is 4.90 Å². The zero-order valence-corrected chi connectivity index (χ0v) is 6.28. The fraction of sp³-hybridized carbons (Fsp3) is 0.429. The number of hydrogen-bond acceptors (Lipinski definition) is 3. The lowest BCUT2D eigenvalue weighted by Crippen LogP contribution is -2.47. The van der Waals surface area contributed by atoms with Crippen molar-refractivity contribution >= 4 is 11.8 Å². The molecule has 3 N–H and O–H groups in total. The van der Waals surface area contributed by atoms with Crippen LogP contribution in [0, 0.1) is 0 Å². The molecule has 0 aliphatic carbocycles. The summed E-state index contributed by atoms with van der Waals surface area (Å²) in [5.41, 5.74) is 0.159. The van der Waals surface area contributed by atoms with Crippen LogP contribution in [0.5, 0.6) is 0 Å². The molecular formula is C7H9NO4. The van der Waals surface area contributed by atoms with Crippen LogP contribution < -0.4 is 0 Å². The second-order valence-corrected chi connectivity index (χ2v) is 2.73. The van der Waals surface area contributed by atoms with Crippen LogP contribution in [0.2, 0.25) is 0 Å². The van der Waals surface area contributed by atoms with Crippen LogP contribution in [0.25, 0.3) is 0 Å². The molecule has 0 bridgehead atoms. The monoisotopic (exact) mass is 171 g/mol. The highest BCUT2D eigenvalue weighted by Crippen LogP contribution is 2.29. The Balaban J connectivity index is 0.000000720. The topological polar surface area (TPSA) is 89.1 Å². The van der Waals surface area contributed by atoms with Gasteiger partial charge >= 0.3 is 5.97 Å². The highest BCUT2D eigenvalue weighted by Gasteiger charge is 2.42. The number of ketones is 1. The lowest BCUT2D eigenvalue weighted by molar-refractivity contribution is -0.135. The molecule has 0 saturated carbocycles. The van der Waals surface area contributed by atoms with E-state index in [4.69, 9.17) is 5.11 Å². The summed E-state index contributed by atoms with van der Waals surface area (Å²) in [6.07, 6.45) is 2.02.